The molecule has 0 fully saturated rings. The van der Waals surface area contributed by atoms with E-state index in [9.17, 15) is 0 Å². The highest BCUT2D eigenvalue weighted by Crippen LogP contribution is 1.97. The van der Waals surface area contributed by atoms with Crippen LogP contribution < -0.4 is 0 Å². The lowest BCUT2D eigenvalue weighted by atomic mass is 10.4. The van der Waals surface area contributed by atoms with Gasteiger partial charge in [-0.2, -0.15) is 0 Å². The van der Waals surface area contributed by atoms with Gasteiger partial charge in [0.25, 0.3) is 0 Å². The third kappa shape index (κ3) is 4.41. The van der Waals surface area contributed by atoms with E-state index in [0.29, 0.717) is 12.0 Å². The Hall–Kier alpha value is 0.250. The maximum absolute atomic E-state index is 5.47. The summed E-state index contributed by atoms with van der Waals surface area (Å²) in [5, 5.41) is 0. The van der Waals surface area contributed by atoms with Crippen LogP contribution >= 0.6 is 11.6 Å². The summed E-state index contributed by atoms with van der Waals surface area (Å²) in [6.45, 7) is 5.97. The summed E-state index contributed by atoms with van der Waals surface area (Å²) in [5.41, 5.74) is 0. The predicted molar refractivity (Wildman–Crippen MR) is 36.4 cm³/mol. The van der Waals surface area contributed by atoms with E-state index in [-0.39, 0.29) is 6.10 Å². The second kappa shape index (κ2) is 4.16. The number of ether oxygens (including phenoxy) is 1. The van der Waals surface area contributed by atoms with E-state index >= 15 is 0 Å². The van der Waals surface area contributed by atoms with Gasteiger partial charge >= 0.3 is 0 Å². The number of alkyl halides is 1. The summed E-state index contributed by atoms with van der Waals surface area (Å²) >= 11 is 5.47. The van der Waals surface area contributed by atoms with Crippen LogP contribution in [0.2, 0.25) is 0 Å². The van der Waals surface area contributed by atoms with Gasteiger partial charge in [0, 0.05) is 5.88 Å². The minimum Gasteiger partial charge on any atom is -0.375 e. The Morgan fingerprint density at radius 3 is 2.00 bits per heavy atom. The Morgan fingerprint density at radius 2 is 1.88 bits per heavy atom. The fourth-order valence-corrected chi connectivity index (χ4v) is 0.574. The first-order valence-electron chi connectivity index (χ1n) is 2.88. The van der Waals surface area contributed by atoms with Crippen LogP contribution in [0.3, 0.4) is 0 Å². The molecule has 0 spiro atoms. The van der Waals surface area contributed by atoms with E-state index in [2.05, 4.69) is 0 Å². The summed E-state index contributed by atoms with van der Waals surface area (Å²) < 4.78 is 5.27. The van der Waals surface area contributed by atoms with Crippen molar-refractivity contribution in [1.29, 1.82) is 0 Å². The molecular formula is C6H13ClO. The first-order chi connectivity index (χ1) is 3.66. The summed E-state index contributed by atoms with van der Waals surface area (Å²) in [7, 11) is 0. The lowest BCUT2D eigenvalue weighted by Gasteiger charge is -2.11. The van der Waals surface area contributed by atoms with Crippen LogP contribution in [0.5, 0.6) is 0 Å². The zero-order valence-electron chi connectivity index (χ0n) is 5.65. The summed E-state index contributed by atoms with van der Waals surface area (Å²) in [4.78, 5) is 0. The van der Waals surface area contributed by atoms with Crippen molar-refractivity contribution < 1.29 is 4.74 Å². The Bertz CT molecular complexity index is 54.5. The predicted octanol–water partition coefficient (Wildman–Crippen LogP) is 2.04. The van der Waals surface area contributed by atoms with Crippen molar-refractivity contribution in [3.63, 3.8) is 0 Å². The number of halogens is 1. The zero-order chi connectivity index (χ0) is 6.57. The van der Waals surface area contributed by atoms with E-state index in [4.69, 9.17) is 16.3 Å². The number of hydrogen-bond acceptors (Lipinski definition) is 1. The molecule has 0 bridgehead atoms. The van der Waals surface area contributed by atoms with E-state index in [1.165, 1.54) is 0 Å². The van der Waals surface area contributed by atoms with Gasteiger partial charge in [-0.25, -0.2) is 0 Å². The molecule has 0 aromatic heterocycles. The van der Waals surface area contributed by atoms with Crippen LogP contribution in [0.25, 0.3) is 0 Å². The van der Waals surface area contributed by atoms with Crippen LogP contribution in [0.15, 0.2) is 0 Å². The molecule has 0 radical (unpaired) electrons. The van der Waals surface area contributed by atoms with Crippen LogP contribution in [0.4, 0.5) is 0 Å². The van der Waals surface area contributed by atoms with Crippen molar-refractivity contribution in [2.45, 2.75) is 33.0 Å². The average Bonchev–Trinajstić information content (AvgIpc) is 1.65. The van der Waals surface area contributed by atoms with Crippen molar-refractivity contribution in [1.82, 2.24) is 0 Å². The smallest absolute Gasteiger partial charge is 0.0685 e. The quantitative estimate of drug-likeness (QED) is 0.540. The van der Waals surface area contributed by atoms with E-state index in [1.807, 2.05) is 20.8 Å². The maximum Gasteiger partial charge on any atom is 0.0685 e. The minimum absolute atomic E-state index is 0.191. The molecule has 0 saturated heterocycles. The summed E-state index contributed by atoms with van der Waals surface area (Å²) in [5.74, 6) is 0.582. The van der Waals surface area contributed by atoms with Crippen molar-refractivity contribution in [2.75, 3.05) is 5.88 Å². The molecule has 0 aliphatic heterocycles. The van der Waals surface area contributed by atoms with Gasteiger partial charge in [0.1, 0.15) is 0 Å². The van der Waals surface area contributed by atoms with Crippen molar-refractivity contribution >= 4 is 11.6 Å². The van der Waals surface area contributed by atoms with Gasteiger partial charge in [-0.05, 0) is 20.8 Å². The molecule has 0 amide bonds. The Labute approximate surface area is 56.0 Å². The molecule has 0 aromatic carbocycles. The molecule has 0 aliphatic rings. The first-order valence-corrected chi connectivity index (χ1v) is 3.41. The molecule has 1 nitrogen and oxygen atoms in total. The molecule has 1 unspecified atom stereocenters. The van der Waals surface area contributed by atoms with Crippen LogP contribution in [-0.2, 0) is 4.74 Å². The molecule has 1 atom stereocenters. The first kappa shape index (κ1) is 8.25. The van der Waals surface area contributed by atoms with Gasteiger partial charge < -0.3 is 4.74 Å². The maximum atomic E-state index is 5.47. The largest absolute Gasteiger partial charge is 0.375 e. The zero-order valence-corrected chi connectivity index (χ0v) is 6.40. The van der Waals surface area contributed by atoms with Gasteiger partial charge in [0.15, 0.2) is 0 Å². The molecule has 0 aromatic rings. The van der Waals surface area contributed by atoms with Crippen LogP contribution in [-0.4, -0.2) is 18.1 Å². The molecule has 0 rings (SSSR count). The fraction of sp³-hybridized carbons (Fsp3) is 1.00. The molecule has 0 saturated carbocycles. The monoisotopic (exact) mass is 136 g/mol. The molecule has 8 heavy (non-hydrogen) atoms. The van der Waals surface area contributed by atoms with E-state index in [0.717, 1.165) is 0 Å². The van der Waals surface area contributed by atoms with Gasteiger partial charge in [0.2, 0.25) is 0 Å². The van der Waals surface area contributed by atoms with Gasteiger partial charge in [-0.3, -0.25) is 0 Å². The van der Waals surface area contributed by atoms with Crippen LogP contribution in [0, 0.1) is 0 Å². The van der Waals surface area contributed by atoms with Crippen molar-refractivity contribution in [3.8, 4) is 0 Å². The lowest BCUT2D eigenvalue weighted by molar-refractivity contribution is 0.0319. The molecule has 0 heterocycles. The van der Waals surface area contributed by atoms with E-state index in [1.54, 1.807) is 0 Å². The topological polar surface area (TPSA) is 9.23 Å². The SMILES string of the molecule is CC(C)OC(C)CCl. The van der Waals surface area contributed by atoms with Crippen LogP contribution in [0.1, 0.15) is 20.8 Å². The number of rotatable bonds is 3. The Balaban J connectivity index is 3.10. The van der Waals surface area contributed by atoms with Gasteiger partial charge in [-0.15, -0.1) is 11.6 Å². The highest BCUT2D eigenvalue weighted by atomic mass is 35.5. The minimum atomic E-state index is 0.191. The average molecular weight is 137 g/mol. The second-order valence-electron chi connectivity index (χ2n) is 2.15. The standard InChI is InChI=1S/C6H13ClO/c1-5(2)8-6(3)4-7/h5-6H,4H2,1-3H3. The second-order valence-corrected chi connectivity index (χ2v) is 2.46. The molecule has 0 aliphatic carbocycles. The lowest BCUT2D eigenvalue weighted by Crippen LogP contribution is -2.15. The third-order valence-corrected chi connectivity index (χ3v) is 1.16. The molecule has 50 valence electrons. The Morgan fingerprint density at radius 1 is 1.38 bits per heavy atom. The van der Waals surface area contributed by atoms with E-state index < -0.39 is 0 Å². The summed E-state index contributed by atoms with van der Waals surface area (Å²) in [6, 6.07) is 0. The van der Waals surface area contributed by atoms with Gasteiger partial charge in [-0.1, -0.05) is 0 Å². The highest BCUT2D eigenvalue weighted by molar-refractivity contribution is 6.18. The normalized spacial score (nSPS) is 14.6. The molecule has 0 N–H and O–H groups in total. The van der Waals surface area contributed by atoms with Crippen molar-refractivity contribution in [3.05, 3.63) is 0 Å². The van der Waals surface area contributed by atoms with Gasteiger partial charge in [0.05, 0.1) is 12.2 Å². The highest BCUT2D eigenvalue weighted by Gasteiger charge is 2.00. The molecule has 2 heteroatoms. The number of hydrogen-bond donors (Lipinski definition) is 0. The fourth-order valence-electron chi connectivity index (χ4n) is 0.501. The Kier molecular flexibility index (Phi) is 4.29. The summed E-state index contributed by atoms with van der Waals surface area (Å²) in [6.07, 6.45) is 0.486. The third-order valence-electron chi connectivity index (χ3n) is 0.722. The molecular weight excluding hydrogens is 124 g/mol. The van der Waals surface area contributed by atoms with Crippen molar-refractivity contribution in [2.24, 2.45) is 0 Å².